The highest BCUT2D eigenvalue weighted by Gasteiger charge is 2.10. The first kappa shape index (κ1) is 17.3. The molecule has 0 amide bonds. The molecule has 2 heterocycles. The molecule has 2 aromatic carbocycles. The number of hydrogen-bond donors (Lipinski definition) is 0. The van der Waals surface area contributed by atoms with Gasteiger partial charge >= 0.3 is 5.63 Å². The third-order valence-corrected chi connectivity index (χ3v) is 4.38. The van der Waals surface area contributed by atoms with Gasteiger partial charge in [-0.2, -0.15) is 0 Å². The Morgan fingerprint density at radius 3 is 2.81 bits per heavy atom. The molecule has 136 valence electrons. The lowest BCUT2D eigenvalue weighted by Gasteiger charge is -2.05. The van der Waals surface area contributed by atoms with E-state index in [2.05, 4.69) is 5.16 Å². The zero-order valence-corrected chi connectivity index (χ0v) is 14.9. The summed E-state index contributed by atoms with van der Waals surface area (Å²) in [6.45, 7) is 1.96. The minimum Gasteiger partial charge on any atom is -0.485 e. The standard InChI is InChI=1S/C20H13ClFNO4/c1-11-6-20(24)26-19-9-13(3-4-15(11)19)25-10-14-8-18(23-27-14)12-2-5-16(21)17(22)7-12/h2-9H,10H2,1H3. The number of fused-ring (bicyclic) bond motifs is 1. The van der Waals surface area contributed by atoms with Crippen LogP contribution in [0.3, 0.4) is 0 Å². The highest BCUT2D eigenvalue weighted by molar-refractivity contribution is 6.30. The Hall–Kier alpha value is -3.12. The lowest BCUT2D eigenvalue weighted by molar-refractivity contribution is 0.249. The van der Waals surface area contributed by atoms with Crippen molar-refractivity contribution in [2.24, 2.45) is 0 Å². The van der Waals surface area contributed by atoms with E-state index in [-0.39, 0.29) is 11.6 Å². The molecule has 0 spiro atoms. The quantitative estimate of drug-likeness (QED) is 0.456. The average molecular weight is 386 g/mol. The first-order valence-electron chi connectivity index (χ1n) is 8.08. The first-order valence-corrected chi connectivity index (χ1v) is 8.46. The van der Waals surface area contributed by atoms with Crippen molar-refractivity contribution in [1.29, 1.82) is 0 Å². The molecule has 27 heavy (non-hydrogen) atoms. The molecule has 0 aliphatic carbocycles. The molecule has 0 unspecified atom stereocenters. The van der Waals surface area contributed by atoms with E-state index in [1.807, 2.05) is 13.0 Å². The van der Waals surface area contributed by atoms with Crippen molar-refractivity contribution >= 4 is 22.6 Å². The van der Waals surface area contributed by atoms with Gasteiger partial charge in [0.2, 0.25) is 0 Å². The molecular weight excluding hydrogens is 373 g/mol. The zero-order valence-electron chi connectivity index (χ0n) is 14.2. The van der Waals surface area contributed by atoms with E-state index in [1.165, 1.54) is 18.2 Å². The summed E-state index contributed by atoms with van der Waals surface area (Å²) in [7, 11) is 0. The van der Waals surface area contributed by atoms with Gasteiger partial charge in [0.1, 0.15) is 29.5 Å². The molecule has 0 radical (unpaired) electrons. The van der Waals surface area contributed by atoms with Crippen LogP contribution in [0.4, 0.5) is 4.39 Å². The van der Waals surface area contributed by atoms with Gasteiger partial charge in [-0.15, -0.1) is 0 Å². The maximum absolute atomic E-state index is 13.6. The molecule has 0 bridgehead atoms. The maximum atomic E-state index is 13.6. The van der Waals surface area contributed by atoms with Crippen LogP contribution in [0.15, 0.2) is 62.3 Å². The fraction of sp³-hybridized carbons (Fsp3) is 0.100. The van der Waals surface area contributed by atoms with Gasteiger partial charge in [0.15, 0.2) is 5.76 Å². The van der Waals surface area contributed by atoms with E-state index in [0.29, 0.717) is 28.4 Å². The molecule has 0 saturated carbocycles. The van der Waals surface area contributed by atoms with Gasteiger partial charge in [-0.05, 0) is 36.8 Å². The Morgan fingerprint density at radius 1 is 1.15 bits per heavy atom. The average Bonchev–Trinajstić information content (AvgIpc) is 3.11. The molecule has 0 saturated heterocycles. The monoisotopic (exact) mass is 385 g/mol. The Labute approximate surface area is 157 Å². The van der Waals surface area contributed by atoms with E-state index in [0.717, 1.165) is 10.9 Å². The smallest absolute Gasteiger partial charge is 0.336 e. The molecule has 4 rings (SSSR count). The van der Waals surface area contributed by atoms with Crippen molar-refractivity contribution in [1.82, 2.24) is 5.16 Å². The topological polar surface area (TPSA) is 65.5 Å². The van der Waals surface area contributed by atoms with Crippen molar-refractivity contribution in [3.05, 3.63) is 81.1 Å². The first-order chi connectivity index (χ1) is 13.0. The summed E-state index contributed by atoms with van der Waals surface area (Å²) in [4.78, 5) is 11.5. The van der Waals surface area contributed by atoms with Crippen LogP contribution in [0, 0.1) is 12.7 Å². The van der Waals surface area contributed by atoms with E-state index < -0.39 is 11.4 Å². The molecule has 0 aliphatic rings. The van der Waals surface area contributed by atoms with Crippen LogP contribution < -0.4 is 10.4 Å². The van der Waals surface area contributed by atoms with Crippen LogP contribution in [-0.2, 0) is 6.61 Å². The summed E-state index contributed by atoms with van der Waals surface area (Å²) in [5.74, 6) is 0.459. The predicted octanol–water partition coefficient (Wildman–Crippen LogP) is 5.13. The summed E-state index contributed by atoms with van der Waals surface area (Å²) in [5.41, 5.74) is 1.90. The largest absolute Gasteiger partial charge is 0.485 e. The highest BCUT2D eigenvalue weighted by Crippen LogP contribution is 2.26. The van der Waals surface area contributed by atoms with Gasteiger partial charge < -0.3 is 13.7 Å². The molecule has 0 N–H and O–H groups in total. The highest BCUT2D eigenvalue weighted by atomic mass is 35.5. The van der Waals surface area contributed by atoms with Gasteiger partial charge in [-0.25, -0.2) is 9.18 Å². The van der Waals surface area contributed by atoms with E-state index >= 15 is 0 Å². The number of aryl methyl sites for hydroxylation is 1. The second-order valence-corrected chi connectivity index (χ2v) is 6.41. The molecule has 5 nitrogen and oxygen atoms in total. The number of nitrogens with zero attached hydrogens (tertiary/aromatic N) is 1. The maximum Gasteiger partial charge on any atom is 0.336 e. The molecule has 0 atom stereocenters. The molecule has 0 fully saturated rings. The van der Waals surface area contributed by atoms with E-state index in [4.69, 9.17) is 25.3 Å². The Bertz CT molecular complexity index is 1200. The Morgan fingerprint density at radius 2 is 2.00 bits per heavy atom. The summed E-state index contributed by atoms with van der Waals surface area (Å²) in [6, 6.07) is 12.8. The third-order valence-electron chi connectivity index (χ3n) is 4.08. The van der Waals surface area contributed by atoms with Gasteiger partial charge in [-0.1, -0.05) is 22.8 Å². The fourth-order valence-corrected chi connectivity index (χ4v) is 2.84. The molecule has 7 heteroatoms. The zero-order chi connectivity index (χ0) is 19.0. The van der Waals surface area contributed by atoms with Crippen molar-refractivity contribution < 1.29 is 18.1 Å². The summed E-state index contributed by atoms with van der Waals surface area (Å²) >= 11 is 5.69. The summed E-state index contributed by atoms with van der Waals surface area (Å²) in [5, 5.41) is 4.80. The van der Waals surface area contributed by atoms with Gasteiger partial charge in [-0.3, -0.25) is 0 Å². The minimum absolute atomic E-state index is 0.0454. The second-order valence-electron chi connectivity index (χ2n) is 6.00. The normalized spacial score (nSPS) is 11.1. The number of halogens is 2. The summed E-state index contributed by atoms with van der Waals surface area (Å²) < 4.78 is 29.7. The lowest BCUT2D eigenvalue weighted by Crippen LogP contribution is -1.98. The Kier molecular flexibility index (Phi) is 4.41. The predicted molar refractivity (Wildman–Crippen MR) is 98.5 cm³/mol. The second kappa shape index (κ2) is 6.89. The lowest BCUT2D eigenvalue weighted by atomic mass is 10.1. The van der Waals surface area contributed by atoms with Gasteiger partial charge in [0.25, 0.3) is 0 Å². The molecule has 0 aliphatic heterocycles. The minimum atomic E-state index is -0.525. The molecule has 4 aromatic rings. The van der Waals surface area contributed by atoms with Gasteiger partial charge in [0, 0.05) is 29.1 Å². The third kappa shape index (κ3) is 3.57. The van der Waals surface area contributed by atoms with E-state index in [9.17, 15) is 9.18 Å². The number of hydrogen-bond acceptors (Lipinski definition) is 5. The van der Waals surface area contributed by atoms with Crippen molar-refractivity contribution in [3.8, 4) is 17.0 Å². The van der Waals surface area contributed by atoms with Crippen molar-refractivity contribution in [3.63, 3.8) is 0 Å². The number of benzene rings is 2. The molecular formula is C20H13ClFNO4. The van der Waals surface area contributed by atoms with Crippen LogP contribution in [0.5, 0.6) is 5.75 Å². The number of aromatic nitrogens is 1. The molecule has 2 aromatic heterocycles. The Balaban J connectivity index is 1.52. The van der Waals surface area contributed by atoms with Crippen LogP contribution >= 0.6 is 11.6 Å². The van der Waals surface area contributed by atoms with Crippen LogP contribution in [0.2, 0.25) is 5.02 Å². The van der Waals surface area contributed by atoms with Crippen molar-refractivity contribution in [2.45, 2.75) is 13.5 Å². The van der Waals surface area contributed by atoms with Crippen LogP contribution in [0.25, 0.3) is 22.2 Å². The number of ether oxygens (including phenoxy) is 1. The summed E-state index contributed by atoms with van der Waals surface area (Å²) in [6.07, 6.45) is 0. The van der Waals surface area contributed by atoms with Crippen LogP contribution in [-0.4, -0.2) is 5.16 Å². The van der Waals surface area contributed by atoms with Gasteiger partial charge in [0.05, 0.1) is 5.02 Å². The fourth-order valence-electron chi connectivity index (χ4n) is 2.72. The SMILES string of the molecule is Cc1cc(=O)oc2cc(OCc3cc(-c4ccc(Cl)c(F)c4)no3)ccc12. The van der Waals surface area contributed by atoms with Crippen LogP contribution in [0.1, 0.15) is 11.3 Å². The number of rotatable bonds is 4. The van der Waals surface area contributed by atoms with Crippen molar-refractivity contribution in [2.75, 3.05) is 0 Å². The van der Waals surface area contributed by atoms with E-state index in [1.54, 1.807) is 24.3 Å².